The van der Waals surface area contributed by atoms with Crippen molar-refractivity contribution in [2.75, 3.05) is 14.2 Å². The van der Waals surface area contributed by atoms with Crippen molar-refractivity contribution in [2.45, 2.75) is 19.4 Å². The number of rotatable bonds is 8. The second-order valence-corrected chi connectivity index (χ2v) is 6.96. The lowest BCUT2D eigenvalue weighted by molar-refractivity contribution is -0.137. The van der Waals surface area contributed by atoms with Crippen LogP contribution < -0.4 is 14.8 Å². The van der Waals surface area contributed by atoms with Gasteiger partial charge in [-0.05, 0) is 48.4 Å². The number of carboxylic acids is 1. The normalized spacial score (nSPS) is 11.5. The molecule has 1 heterocycles. The summed E-state index contributed by atoms with van der Waals surface area (Å²) in [6, 6.07) is 17.2. The third kappa shape index (κ3) is 5.19. The van der Waals surface area contributed by atoms with Gasteiger partial charge in [-0.3, -0.25) is 9.59 Å². The maximum atomic E-state index is 12.9. The van der Waals surface area contributed by atoms with E-state index >= 15 is 0 Å². The second-order valence-electron chi connectivity index (χ2n) is 6.96. The van der Waals surface area contributed by atoms with Crippen LogP contribution in [0.4, 0.5) is 0 Å². The molecule has 0 spiro atoms. The molecule has 2 N–H and O–H groups in total. The van der Waals surface area contributed by atoms with E-state index in [1.54, 1.807) is 44.6 Å². The number of nitrogens with zero attached hydrogens (tertiary/aromatic N) is 1. The first kappa shape index (κ1) is 21.8. The third-order valence-electron chi connectivity index (χ3n) is 4.91. The lowest BCUT2D eigenvalue weighted by Crippen LogP contribution is -2.31. The van der Waals surface area contributed by atoms with E-state index in [9.17, 15) is 14.7 Å². The molecule has 0 fully saturated rings. The Hall–Kier alpha value is -3.87. The van der Waals surface area contributed by atoms with E-state index in [1.807, 2.05) is 37.3 Å². The summed E-state index contributed by atoms with van der Waals surface area (Å²) >= 11 is 0. The number of aromatic nitrogens is 1. The first-order chi connectivity index (χ1) is 14.9. The number of carboxylic acid groups (broad SMARTS) is 1. The Balaban J connectivity index is 1.88. The average Bonchev–Trinajstić information content (AvgIpc) is 2.78. The Kier molecular flexibility index (Phi) is 6.87. The van der Waals surface area contributed by atoms with Gasteiger partial charge >= 0.3 is 5.97 Å². The number of hydrogen-bond acceptors (Lipinski definition) is 5. The van der Waals surface area contributed by atoms with Crippen molar-refractivity contribution >= 4 is 11.9 Å². The number of carbonyl (C=O) groups excluding carboxylic acids is 1. The summed E-state index contributed by atoms with van der Waals surface area (Å²) < 4.78 is 10.6. The number of benzene rings is 2. The molecule has 0 bridgehead atoms. The van der Waals surface area contributed by atoms with E-state index in [2.05, 4.69) is 10.3 Å². The molecule has 1 amide bonds. The van der Waals surface area contributed by atoms with Crippen LogP contribution in [0.3, 0.4) is 0 Å². The minimum absolute atomic E-state index is 0.191. The first-order valence-corrected chi connectivity index (χ1v) is 9.70. The number of methoxy groups -OCH3 is 2. The second kappa shape index (κ2) is 9.75. The molecule has 0 radical (unpaired) electrons. The first-order valence-electron chi connectivity index (χ1n) is 9.70. The smallest absolute Gasteiger partial charge is 0.305 e. The Bertz CT molecular complexity index is 1100. The van der Waals surface area contributed by atoms with Gasteiger partial charge in [0.25, 0.3) is 5.91 Å². The molecule has 1 aromatic heterocycles. The zero-order chi connectivity index (χ0) is 22.4. The number of nitrogens with one attached hydrogen (secondary N) is 1. The van der Waals surface area contributed by atoms with E-state index in [0.29, 0.717) is 17.2 Å². The summed E-state index contributed by atoms with van der Waals surface area (Å²) in [5.74, 6) is -0.301. The van der Waals surface area contributed by atoms with E-state index in [1.165, 1.54) is 0 Å². The fraction of sp³-hybridized carbons (Fsp3) is 0.208. The van der Waals surface area contributed by atoms with Crippen molar-refractivity contribution in [3.63, 3.8) is 0 Å². The number of pyridine rings is 1. The summed E-state index contributed by atoms with van der Waals surface area (Å²) in [5, 5.41) is 12.1. The Morgan fingerprint density at radius 3 is 2.42 bits per heavy atom. The van der Waals surface area contributed by atoms with Crippen LogP contribution in [0.2, 0.25) is 0 Å². The number of aliphatic carboxylic acids is 1. The van der Waals surface area contributed by atoms with E-state index in [4.69, 9.17) is 9.47 Å². The summed E-state index contributed by atoms with van der Waals surface area (Å²) in [5.41, 5.74) is 3.19. The molecule has 0 saturated carbocycles. The van der Waals surface area contributed by atoms with Gasteiger partial charge in [0.05, 0.1) is 32.4 Å². The highest BCUT2D eigenvalue weighted by atomic mass is 16.5. The predicted octanol–water partition coefficient (Wildman–Crippen LogP) is 4.02. The van der Waals surface area contributed by atoms with Crippen LogP contribution in [0.25, 0.3) is 11.3 Å². The van der Waals surface area contributed by atoms with Crippen LogP contribution in [-0.2, 0) is 4.79 Å². The highest BCUT2D eigenvalue weighted by molar-refractivity contribution is 5.93. The monoisotopic (exact) mass is 420 g/mol. The van der Waals surface area contributed by atoms with Gasteiger partial charge in [0.15, 0.2) is 11.5 Å². The van der Waals surface area contributed by atoms with Gasteiger partial charge < -0.3 is 19.9 Å². The lowest BCUT2D eigenvalue weighted by Gasteiger charge is -2.19. The van der Waals surface area contributed by atoms with Gasteiger partial charge in [-0.2, -0.15) is 0 Å². The summed E-state index contributed by atoms with van der Waals surface area (Å²) in [4.78, 5) is 28.8. The van der Waals surface area contributed by atoms with Crippen LogP contribution in [0.1, 0.15) is 34.1 Å². The molecule has 3 rings (SSSR count). The van der Waals surface area contributed by atoms with Crippen molar-refractivity contribution in [1.29, 1.82) is 0 Å². The van der Waals surface area contributed by atoms with Crippen molar-refractivity contribution in [3.05, 3.63) is 77.5 Å². The topological polar surface area (TPSA) is 97.8 Å². The maximum absolute atomic E-state index is 12.9. The quantitative estimate of drug-likeness (QED) is 0.571. The molecule has 1 atom stereocenters. The predicted molar refractivity (Wildman–Crippen MR) is 116 cm³/mol. The van der Waals surface area contributed by atoms with Gasteiger partial charge in [-0.1, -0.05) is 30.3 Å². The molecule has 0 saturated heterocycles. The van der Waals surface area contributed by atoms with Gasteiger partial charge in [0.2, 0.25) is 0 Å². The molecular formula is C24H24N2O5. The van der Waals surface area contributed by atoms with Crippen molar-refractivity contribution < 1.29 is 24.2 Å². The number of ether oxygens (including phenoxy) is 2. The number of hydrogen-bond donors (Lipinski definition) is 2. The van der Waals surface area contributed by atoms with Crippen molar-refractivity contribution in [1.82, 2.24) is 10.3 Å². The zero-order valence-electron chi connectivity index (χ0n) is 17.6. The largest absolute Gasteiger partial charge is 0.493 e. The molecule has 160 valence electrons. The SMILES string of the molecule is COc1ccc(-c2cccc(C(=O)N[C@@H](CC(=O)O)c3ccccc3C)n2)cc1OC. The third-order valence-corrected chi connectivity index (χ3v) is 4.91. The molecule has 3 aromatic rings. The molecule has 0 aliphatic carbocycles. The summed E-state index contributed by atoms with van der Waals surface area (Å²) in [6.07, 6.45) is -0.230. The highest BCUT2D eigenvalue weighted by Gasteiger charge is 2.21. The van der Waals surface area contributed by atoms with E-state index in [0.717, 1.165) is 16.7 Å². The Morgan fingerprint density at radius 2 is 1.74 bits per heavy atom. The van der Waals surface area contributed by atoms with Crippen LogP contribution in [0.15, 0.2) is 60.7 Å². The van der Waals surface area contributed by atoms with Gasteiger partial charge in [-0.25, -0.2) is 4.98 Å². The molecular weight excluding hydrogens is 396 g/mol. The average molecular weight is 420 g/mol. The highest BCUT2D eigenvalue weighted by Crippen LogP contribution is 2.31. The zero-order valence-corrected chi connectivity index (χ0v) is 17.6. The minimum atomic E-state index is -0.999. The Labute approximate surface area is 180 Å². The standard InChI is InChI=1S/C24H24N2O5/c1-15-7-4-5-8-17(15)20(14-23(27)28)26-24(29)19-10-6-9-18(25-19)16-11-12-21(30-2)22(13-16)31-3/h4-13,20H,14H2,1-3H3,(H,26,29)(H,27,28)/t20-/m0/s1. The number of amides is 1. The van der Waals surface area contributed by atoms with E-state index in [-0.39, 0.29) is 12.1 Å². The summed E-state index contributed by atoms with van der Waals surface area (Å²) in [6.45, 7) is 1.88. The molecule has 0 unspecified atom stereocenters. The summed E-state index contributed by atoms with van der Waals surface area (Å²) in [7, 11) is 3.11. The van der Waals surface area contributed by atoms with Crippen molar-refractivity contribution in [2.24, 2.45) is 0 Å². The molecule has 31 heavy (non-hydrogen) atoms. The van der Waals surface area contributed by atoms with Gasteiger partial charge in [0.1, 0.15) is 5.69 Å². The van der Waals surface area contributed by atoms with Crippen LogP contribution >= 0.6 is 0 Å². The fourth-order valence-electron chi connectivity index (χ4n) is 3.34. The Morgan fingerprint density at radius 1 is 1.00 bits per heavy atom. The minimum Gasteiger partial charge on any atom is -0.493 e. The molecule has 0 aliphatic rings. The van der Waals surface area contributed by atoms with Crippen LogP contribution in [0, 0.1) is 6.92 Å². The molecule has 0 aliphatic heterocycles. The lowest BCUT2D eigenvalue weighted by atomic mass is 9.98. The molecule has 2 aromatic carbocycles. The number of aryl methyl sites for hydroxylation is 1. The van der Waals surface area contributed by atoms with Crippen molar-refractivity contribution in [3.8, 4) is 22.8 Å². The molecule has 7 nitrogen and oxygen atoms in total. The fourth-order valence-corrected chi connectivity index (χ4v) is 3.34. The van der Waals surface area contributed by atoms with Gasteiger partial charge in [-0.15, -0.1) is 0 Å². The van der Waals surface area contributed by atoms with Gasteiger partial charge in [0, 0.05) is 5.56 Å². The molecule has 7 heteroatoms. The van der Waals surface area contributed by atoms with E-state index < -0.39 is 17.9 Å². The van der Waals surface area contributed by atoms with Crippen LogP contribution in [0.5, 0.6) is 11.5 Å². The maximum Gasteiger partial charge on any atom is 0.305 e. The number of carbonyl (C=O) groups is 2. The van der Waals surface area contributed by atoms with Crippen LogP contribution in [-0.4, -0.2) is 36.2 Å².